The zero-order valence-electron chi connectivity index (χ0n) is 7.12. The summed E-state index contributed by atoms with van der Waals surface area (Å²) < 4.78 is 0. The molecule has 0 aromatic heterocycles. The van der Waals surface area contributed by atoms with Gasteiger partial charge in [0.1, 0.15) is 6.07 Å². The number of benzene rings is 1. The lowest BCUT2D eigenvalue weighted by atomic mass is 10.2. The van der Waals surface area contributed by atoms with Gasteiger partial charge in [-0.2, -0.15) is 5.26 Å². The van der Waals surface area contributed by atoms with E-state index < -0.39 is 0 Å². The topological polar surface area (TPSA) is 23.8 Å². The molecular weight excluding hydrogens is 202 g/mol. The van der Waals surface area contributed by atoms with Crippen molar-refractivity contribution in [2.24, 2.45) is 0 Å². The highest BCUT2D eigenvalue weighted by Gasteiger charge is 1.93. The summed E-state index contributed by atoms with van der Waals surface area (Å²) in [7, 11) is 0. The molecule has 1 aromatic carbocycles. The van der Waals surface area contributed by atoms with Gasteiger partial charge in [0.25, 0.3) is 0 Å². The van der Waals surface area contributed by atoms with Crippen LogP contribution in [0.15, 0.2) is 29.2 Å². The molecule has 0 radical (unpaired) electrons. The van der Waals surface area contributed by atoms with Crippen LogP contribution in [-0.4, -0.2) is 6.26 Å². The van der Waals surface area contributed by atoms with Crippen LogP contribution >= 0.6 is 23.4 Å². The van der Waals surface area contributed by atoms with Gasteiger partial charge >= 0.3 is 0 Å². The summed E-state index contributed by atoms with van der Waals surface area (Å²) in [5, 5.41) is 9.38. The summed E-state index contributed by atoms with van der Waals surface area (Å²) >= 11 is 7.16. The minimum absolute atomic E-state index is 0.697. The van der Waals surface area contributed by atoms with Crippen molar-refractivity contribution >= 4 is 29.4 Å². The Bertz CT molecular complexity index is 348. The summed E-state index contributed by atoms with van der Waals surface area (Å²) in [6.07, 6.45) is 3.71. The number of rotatable bonds is 2. The van der Waals surface area contributed by atoms with Gasteiger partial charge < -0.3 is 0 Å². The molecule has 1 rings (SSSR count). The molecule has 13 heavy (non-hydrogen) atoms. The monoisotopic (exact) mass is 209 g/mol. The molecule has 0 atom stereocenters. The summed E-state index contributed by atoms with van der Waals surface area (Å²) in [6, 6.07) is 9.49. The first-order valence-electron chi connectivity index (χ1n) is 3.67. The second-order valence-electron chi connectivity index (χ2n) is 2.38. The Balaban J connectivity index is 2.92. The lowest BCUT2D eigenvalue weighted by Gasteiger charge is -1.94. The van der Waals surface area contributed by atoms with Crippen LogP contribution in [0, 0.1) is 11.3 Å². The normalized spacial score (nSPS) is 11.0. The van der Waals surface area contributed by atoms with Crippen LogP contribution < -0.4 is 0 Å². The van der Waals surface area contributed by atoms with E-state index >= 15 is 0 Å². The van der Waals surface area contributed by atoms with Crippen LogP contribution in [0.2, 0.25) is 5.02 Å². The van der Waals surface area contributed by atoms with Gasteiger partial charge in [0, 0.05) is 5.02 Å². The molecular formula is C10H8ClNS. The van der Waals surface area contributed by atoms with Gasteiger partial charge in [0.2, 0.25) is 0 Å². The molecule has 3 heteroatoms. The molecule has 0 heterocycles. The summed E-state index contributed by atoms with van der Waals surface area (Å²) in [5.41, 5.74) is 0.996. The number of thioether (sulfide) groups is 1. The molecule has 66 valence electrons. The van der Waals surface area contributed by atoms with E-state index in [1.165, 1.54) is 11.8 Å². The molecule has 1 aromatic rings. The average Bonchev–Trinajstić information content (AvgIpc) is 2.17. The Hall–Kier alpha value is -0.910. The van der Waals surface area contributed by atoms with Crippen LogP contribution in [0.3, 0.4) is 0 Å². The highest BCUT2D eigenvalue weighted by atomic mass is 35.5. The number of allylic oxidation sites excluding steroid dienone is 1. The van der Waals surface area contributed by atoms with E-state index in [4.69, 9.17) is 16.9 Å². The SMILES string of the molecule is CSC(C#N)=Cc1ccc(Cl)cc1. The highest BCUT2D eigenvalue weighted by Crippen LogP contribution is 2.16. The molecule has 0 N–H and O–H groups in total. The maximum atomic E-state index is 8.68. The van der Waals surface area contributed by atoms with E-state index in [9.17, 15) is 0 Å². The summed E-state index contributed by atoms with van der Waals surface area (Å²) in [6.45, 7) is 0. The largest absolute Gasteiger partial charge is 0.192 e. The third kappa shape index (κ3) is 3.14. The molecule has 0 fully saturated rings. The van der Waals surface area contributed by atoms with Crippen molar-refractivity contribution in [3.63, 3.8) is 0 Å². The Morgan fingerprint density at radius 3 is 2.54 bits per heavy atom. The van der Waals surface area contributed by atoms with E-state index in [1.54, 1.807) is 0 Å². The third-order valence-electron chi connectivity index (χ3n) is 1.50. The maximum Gasteiger partial charge on any atom is 0.106 e. The maximum absolute atomic E-state index is 8.68. The lowest BCUT2D eigenvalue weighted by molar-refractivity contribution is 1.53. The molecule has 0 aliphatic heterocycles. The van der Waals surface area contributed by atoms with Crippen molar-refractivity contribution in [2.75, 3.05) is 6.26 Å². The predicted octanol–water partition coefficient (Wildman–Crippen LogP) is 3.57. The van der Waals surface area contributed by atoms with Gasteiger partial charge in [-0.3, -0.25) is 0 Å². The van der Waals surface area contributed by atoms with Crippen molar-refractivity contribution in [1.82, 2.24) is 0 Å². The highest BCUT2D eigenvalue weighted by molar-refractivity contribution is 8.02. The summed E-state index contributed by atoms with van der Waals surface area (Å²) in [4.78, 5) is 0.697. The average molecular weight is 210 g/mol. The van der Waals surface area contributed by atoms with Gasteiger partial charge in [-0.05, 0) is 30.0 Å². The smallest absolute Gasteiger partial charge is 0.106 e. The zero-order valence-corrected chi connectivity index (χ0v) is 8.69. The molecule has 1 nitrogen and oxygen atoms in total. The first-order valence-corrected chi connectivity index (χ1v) is 5.28. The van der Waals surface area contributed by atoms with Crippen LogP contribution in [0.5, 0.6) is 0 Å². The Labute approximate surface area is 87.0 Å². The third-order valence-corrected chi connectivity index (χ3v) is 2.40. The van der Waals surface area contributed by atoms with Gasteiger partial charge in [-0.1, -0.05) is 23.7 Å². The van der Waals surface area contributed by atoms with Crippen LogP contribution in [0.1, 0.15) is 5.56 Å². The van der Waals surface area contributed by atoms with Gasteiger partial charge in [-0.15, -0.1) is 11.8 Å². The number of nitriles is 1. The van der Waals surface area contributed by atoms with Crippen LogP contribution in [0.4, 0.5) is 0 Å². The molecule has 0 saturated heterocycles. The Morgan fingerprint density at radius 2 is 2.08 bits per heavy atom. The van der Waals surface area contributed by atoms with Crippen molar-refractivity contribution in [3.8, 4) is 6.07 Å². The minimum Gasteiger partial charge on any atom is -0.192 e. The van der Waals surface area contributed by atoms with E-state index in [1.807, 2.05) is 36.6 Å². The van der Waals surface area contributed by atoms with Gasteiger partial charge in [-0.25, -0.2) is 0 Å². The van der Waals surface area contributed by atoms with E-state index in [0.717, 1.165) is 5.56 Å². The minimum atomic E-state index is 0.697. The predicted molar refractivity (Wildman–Crippen MR) is 58.6 cm³/mol. The molecule has 0 aliphatic rings. The van der Waals surface area contributed by atoms with E-state index in [-0.39, 0.29) is 0 Å². The number of hydrogen-bond acceptors (Lipinski definition) is 2. The Morgan fingerprint density at radius 1 is 1.46 bits per heavy atom. The van der Waals surface area contributed by atoms with Crippen molar-refractivity contribution < 1.29 is 0 Å². The quantitative estimate of drug-likeness (QED) is 0.696. The van der Waals surface area contributed by atoms with Gasteiger partial charge in [0.15, 0.2) is 0 Å². The van der Waals surface area contributed by atoms with Crippen molar-refractivity contribution in [2.45, 2.75) is 0 Å². The van der Waals surface area contributed by atoms with E-state index in [0.29, 0.717) is 9.93 Å². The zero-order chi connectivity index (χ0) is 9.68. The van der Waals surface area contributed by atoms with Crippen molar-refractivity contribution in [3.05, 3.63) is 39.8 Å². The standard InChI is InChI=1S/C10H8ClNS/c1-13-10(7-12)6-8-2-4-9(11)5-3-8/h2-6H,1H3. The van der Waals surface area contributed by atoms with Crippen LogP contribution in [0.25, 0.3) is 6.08 Å². The van der Waals surface area contributed by atoms with Crippen LogP contribution in [-0.2, 0) is 0 Å². The second kappa shape index (κ2) is 4.96. The molecule has 0 aliphatic carbocycles. The fourth-order valence-electron chi connectivity index (χ4n) is 0.847. The second-order valence-corrected chi connectivity index (χ2v) is 3.66. The molecule has 0 amide bonds. The number of nitrogens with zero attached hydrogens (tertiary/aromatic N) is 1. The molecule has 0 bridgehead atoms. The molecule has 0 spiro atoms. The first kappa shape index (κ1) is 10.2. The number of hydrogen-bond donors (Lipinski definition) is 0. The first-order chi connectivity index (χ1) is 6.26. The summed E-state index contributed by atoms with van der Waals surface area (Å²) in [5.74, 6) is 0. The lowest BCUT2D eigenvalue weighted by Crippen LogP contribution is -1.73. The Kier molecular flexibility index (Phi) is 3.88. The van der Waals surface area contributed by atoms with E-state index in [2.05, 4.69) is 6.07 Å². The number of halogens is 1. The molecule has 0 saturated carbocycles. The fraction of sp³-hybridized carbons (Fsp3) is 0.100. The molecule has 0 unspecified atom stereocenters. The fourth-order valence-corrected chi connectivity index (χ4v) is 1.32. The van der Waals surface area contributed by atoms with Gasteiger partial charge in [0.05, 0.1) is 4.91 Å². The van der Waals surface area contributed by atoms with Crippen molar-refractivity contribution in [1.29, 1.82) is 5.26 Å².